The van der Waals surface area contributed by atoms with Gasteiger partial charge in [0.05, 0.1) is 16.9 Å². The van der Waals surface area contributed by atoms with E-state index >= 15 is 0 Å². The van der Waals surface area contributed by atoms with Crippen molar-refractivity contribution < 1.29 is 0 Å². The van der Waals surface area contributed by atoms with E-state index in [1.54, 1.807) is 0 Å². The van der Waals surface area contributed by atoms with Crippen LogP contribution >= 0.6 is 11.6 Å². The number of hydrogen-bond acceptors (Lipinski definition) is 2. The minimum Gasteiger partial charge on any atom is -0.379 e. The van der Waals surface area contributed by atoms with Gasteiger partial charge >= 0.3 is 0 Å². The molecule has 3 aromatic rings. The van der Waals surface area contributed by atoms with E-state index in [1.807, 2.05) is 38.5 Å². The zero-order chi connectivity index (χ0) is 14.8. The molecule has 3 rings (SSSR count). The molecule has 0 radical (unpaired) electrons. The number of nitrogens with zero attached hydrogens (tertiary/aromatic N) is 1. The minimum atomic E-state index is 0.737. The van der Waals surface area contributed by atoms with E-state index in [1.165, 1.54) is 16.5 Å². The van der Waals surface area contributed by atoms with E-state index in [0.29, 0.717) is 0 Å². The summed E-state index contributed by atoms with van der Waals surface area (Å²) in [6.07, 6.45) is 1.97. The van der Waals surface area contributed by atoms with Gasteiger partial charge in [-0.1, -0.05) is 29.8 Å². The fourth-order valence-electron chi connectivity index (χ4n) is 2.53. The Labute approximate surface area is 129 Å². The SMILES string of the molecule is CN(C)c1ccc(Cl)cc1NCc1cccc2cc[nH]c12. The van der Waals surface area contributed by atoms with Crippen LogP contribution in [0.1, 0.15) is 5.56 Å². The molecule has 0 saturated carbocycles. The van der Waals surface area contributed by atoms with Gasteiger partial charge in [0.2, 0.25) is 0 Å². The van der Waals surface area contributed by atoms with Crippen LogP contribution in [0.4, 0.5) is 11.4 Å². The zero-order valence-electron chi connectivity index (χ0n) is 12.2. The second kappa shape index (κ2) is 5.70. The Morgan fingerprint density at radius 1 is 1.14 bits per heavy atom. The number of hydrogen-bond donors (Lipinski definition) is 2. The highest BCUT2D eigenvalue weighted by Gasteiger charge is 2.07. The topological polar surface area (TPSA) is 31.1 Å². The first kappa shape index (κ1) is 13.8. The molecule has 2 aromatic carbocycles. The standard InChI is InChI=1S/C17H18ClN3/c1-21(2)16-7-6-14(18)10-15(16)20-11-13-5-3-4-12-8-9-19-17(12)13/h3-10,19-20H,11H2,1-2H3. The van der Waals surface area contributed by atoms with Crippen molar-refractivity contribution in [1.82, 2.24) is 4.98 Å². The van der Waals surface area contributed by atoms with Crippen LogP contribution in [-0.4, -0.2) is 19.1 Å². The lowest BCUT2D eigenvalue weighted by Crippen LogP contribution is -2.12. The molecular weight excluding hydrogens is 282 g/mol. The van der Waals surface area contributed by atoms with Crippen molar-refractivity contribution in [2.45, 2.75) is 6.54 Å². The van der Waals surface area contributed by atoms with Gasteiger partial charge in [-0.3, -0.25) is 0 Å². The first-order valence-electron chi connectivity index (χ1n) is 6.91. The summed E-state index contributed by atoms with van der Waals surface area (Å²) < 4.78 is 0. The van der Waals surface area contributed by atoms with Crippen molar-refractivity contribution in [2.24, 2.45) is 0 Å². The fourth-order valence-corrected chi connectivity index (χ4v) is 2.70. The molecule has 2 N–H and O–H groups in total. The lowest BCUT2D eigenvalue weighted by atomic mass is 10.1. The summed E-state index contributed by atoms with van der Waals surface area (Å²) in [6.45, 7) is 0.749. The van der Waals surface area contributed by atoms with E-state index in [0.717, 1.165) is 22.9 Å². The van der Waals surface area contributed by atoms with E-state index in [4.69, 9.17) is 11.6 Å². The summed E-state index contributed by atoms with van der Waals surface area (Å²) in [6, 6.07) is 14.3. The monoisotopic (exact) mass is 299 g/mol. The van der Waals surface area contributed by atoms with Crippen molar-refractivity contribution in [2.75, 3.05) is 24.3 Å². The van der Waals surface area contributed by atoms with Crippen LogP contribution in [0.15, 0.2) is 48.7 Å². The van der Waals surface area contributed by atoms with Crippen LogP contribution in [0.5, 0.6) is 0 Å². The molecule has 108 valence electrons. The van der Waals surface area contributed by atoms with Crippen molar-refractivity contribution >= 4 is 33.9 Å². The highest BCUT2D eigenvalue weighted by molar-refractivity contribution is 6.31. The van der Waals surface area contributed by atoms with Crippen LogP contribution < -0.4 is 10.2 Å². The molecule has 0 fully saturated rings. The van der Waals surface area contributed by atoms with Gasteiger partial charge in [-0.25, -0.2) is 0 Å². The zero-order valence-corrected chi connectivity index (χ0v) is 12.9. The number of anilines is 2. The highest BCUT2D eigenvalue weighted by atomic mass is 35.5. The summed E-state index contributed by atoms with van der Waals surface area (Å²) in [4.78, 5) is 5.37. The van der Waals surface area contributed by atoms with Crippen molar-refractivity contribution in [3.8, 4) is 0 Å². The predicted molar refractivity (Wildman–Crippen MR) is 91.4 cm³/mol. The molecule has 0 bridgehead atoms. The molecule has 3 nitrogen and oxygen atoms in total. The molecule has 0 atom stereocenters. The second-order valence-corrected chi connectivity index (χ2v) is 5.70. The molecule has 1 heterocycles. The molecular formula is C17H18ClN3. The van der Waals surface area contributed by atoms with Crippen molar-refractivity contribution in [1.29, 1.82) is 0 Å². The quantitative estimate of drug-likeness (QED) is 0.743. The van der Waals surface area contributed by atoms with Crippen molar-refractivity contribution in [3.05, 3.63) is 59.2 Å². The number of nitrogens with one attached hydrogen (secondary N) is 2. The maximum atomic E-state index is 6.12. The first-order valence-corrected chi connectivity index (χ1v) is 7.28. The summed E-state index contributed by atoms with van der Waals surface area (Å²) in [7, 11) is 4.06. The van der Waals surface area contributed by atoms with Crippen LogP contribution in [0.3, 0.4) is 0 Å². The van der Waals surface area contributed by atoms with E-state index in [2.05, 4.69) is 39.5 Å². The Bertz CT molecular complexity index is 762. The average molecular weight is 300 g/mol. The highest BCUT2D eigenvalue weighted by Crippen LogP contribution is 2.28. The van der Waals surface area contributed by atoms with E-state index in [-0.39, 0.29) is 0 Å². The van der Waals surface area contributed by atoms with Gasteiger partial charge in [0.15, 0.2) is 0 Å². The molecule has 0 aliphatic carbocycles. The Hall–Kier alpha value is -2.13. The number of para-hydroxylation sites is 1. The van der Waals surface area contributed by atoms with Gasteiger partial charge in [-0.2, -0.15) is 0 Å². The Balaban J connectivity index is 1.88. The molecule has 0 aliphatic heterocycles. The Morgan fingerprint density at radius 2 is 2.00 bits per heavy atom. The normalized spacial score (nSPS) is 10.8. The molecule has 21 heavy (non-hydrogen) atoms. The smallest absolute Gasteiger partial charge is 0.0597 e. The molecule has 1 aromatic heterocycles. The predicted octanol–water partition coefficient (Wildman–Crippen LogP) is 4.50. The number of fused-ring (bicyclic) bond motifs is 1. The number of aromatic amines is 1. The number of H-pyrrole nitrogens is 1. The lowest BCUT2D eigenvalue weighted by molar-refractivity contribution is 1.10. The minimum absolute atomic E-state index is 0.737. The van der Waals surface area contributed by atoms with Crippen molar-refractivity contribution in [3.63, 3.8) is 0 Å². The van der Waals surface area contributed by atoms with Gasteiger partial charge in [0.25, 0.3) is 0 Å². The largest absolute Gasteiger partial charge is 0.379 e. The van der Waals surface area contributed by atoms with Gasteiger partial charge in [0.1, 0.15) is 0 Å². The lowest BCUT2D eigenvalue weighted by Gasteiger charge is -2.19. The average Bonchev–Trinajstić information content (AvgIpc) is 2.93. The third kappa shape index (κ3) is 2.83. The van der Waals surface area contributed by atoms with Crippen LogP contribution in [0.2, 0.25) is 5.02 Å². The van der Waals surface area contributed by atoms with Gasteiger partial charge in [0, 0.05) is 31.9 Å². The number of rotatable bonds is 4. The van der Waals surface area contributed by atoms with Gasteiger partial charge in [-0.15, -0.1) is 0 Å². The number of halogens is 1. The van der Waals surface area contributed by atoms with Gasteiger partial charge in [-0.05, 0) is 35.2 Å². The fraction of sp³-hybridized carbons (Fsp3) is 0.176. The molecule has 0 amide bonds. The number of benzene rings is 2. The number of aromatic nitrogens is 1. The van der Waals surface area contributed by atoms with Crippen LogP contribution in [0.25, 0.3) is 10.9 Å². The third-order valence-electron chi connectivity index (χ3n) is 3.58. The van der Waals surface area contributed by atoms with E-state index < -0.39 is 0 Å². The molecule has 0 spiro atoms. The molecule has 0 saturated heterocycles. The maximum absolute atomic E-state index is 6.12. The summed E-state index contributed by atoms with van der Waals surface area (Å²) in [5.74, 6) is 0. The van der Waals surface area contributed by atoms with Gasteiger partial charge < -0.3 is 15.2 Å². The summed E-state index contributed by atoms with van der Waals surface area (Å²) >= 11 is 6.12. The molecule has 0 aliphatic rings. The third-order valence-corrected chi connectivity index (χ3v) is 3.82. The van der Waals surface area contributed by atoms with Crippen LogP contribution in [0, 0.1) is 0 Å². The van der Waals surface area contributed by atoms with E-state index in [9.17, 15) is 0 Å². The Morgan fingerprint density at radius 3 is 2.81 bits per heavy atom. The van der Waals surface area contributed by atoms with Crippen LogP contribution in [-0.2, 0) is 6.54 Å². The maximum Gasteiger partial charge on any atom is 0.0597 e. The Kier molecular flexibility index (Phi) is 3.76. The second-order valence-electron chi connectivity index (χ2n) is 5.27. The molecule has 0 unspecified atom stereocenters. The first-order chi connectivity index (χ1) is 10.1. The summed E-state index contributed by atoms with van der Waals surface area (Å²) in [5, 5.41) is 5.45. The molecule has 4 heteroatoms. The summed E-state index contributed by atoms with van der Waals surface area (Å²) in [5.41, 5.74) is 4.58.